The van der Waals surface area contributed by atoms with Crippen molar-refractivity contribution in [2.45, 2.75) is 91.3 Å². The third-order valence-corrected chi connectivity index (χ3v) is 6.38. The van der Waals surface area contributed by atoms with Gasteiger partial charge in [0.25, 0.3) is 0 Å². The van der Waals surface area contributed by atoms with Crippen LogP contribution < -0.4 is 10.6 Å². The number of hydrogen-bond acceptors (Lipinski definition) is 6. The molecule has 4 atom stereocenters. The summed E-state index contributed by atoms with van der Waals surface area (Å²) in [6, 6.07) is 7.87. The molecule has 0 saturated heterocycles. The minimum absolute atomic E-state index is 0.354. The third kappa shape index (κ3) is 14.8. The predicted octanol–water partition coefficient (Wildman–Crippen LogP) is 5.70. The van der Waals surface area contributed by atoms with Crippen LogP contribution in [-0.4, -0.2) is 61.9 Å². The maximum Gasteiger partial charge on any atom is 0.0945 e. The lowest BCUT2D eigenvalue weighted by Crippen LogP contribution is -2.26. The van der Waals surface area contributed by atoms with Gasteiger partial charge in [-0.3, -0.25) is 0 Å². The Kier molecular flexibility index (Phi) is 18.0. The summed E-state index contributed by atoms with van der Waals surface area (Å²) in [6.45, 7) is 11.9. The minimum Gasteiger partial charge on any atom is -0.389 e. The molecular formula is C28H52N2O4. The number of nitrogens with one attached hydrogen (secondary N) is 2. The number of unbranched alkanes of at least 4 members (excludes halogenated alkanes) is 2. The van der Waals surface area contributed by atoms with Crippen LogP contribution in [0, 0.1) is 11.8 Å². The fourth-order valence-corrected chi connectivity index (χ4v) is 3.83. The first kappa shape index (κ1) is 30.7. The summed E-state index contributed by atoms with van der Waals surface area (Å²) >= 11 is 0. The van der Waals surface area contributed by atoms with E-state index in [2.05, 4.69) is 38.3 Å². The Labute approximate surface area is 208 Å². The number of benzene rings is 1. The van der Waals surface area contributed by atoms with E-state index in [-0.39, 0.29) is 0 Å². The van der Waals surface area contributed by atoms with Crippen molar-refractivity contribution in [3.05, 3.63) is 24.3 Å². The van der Waals surface area contributed by atoms with E-state index >= 15 is 0 Å². The second-order valence-corrected chi connectivity index (χ2v) is 9.55. The third-order valence-electron chi connectivity index (χ3n) is 6.38. The van der Waals surface area contributed by atoms with E-state index in [1.807, 2.05) is 24.3 Å². The molecule has 0 amide bonds. The van der Waals surface area contributed by atoms with Crippen molar-refractivity contribution >= 4 is 11.4 Å². The van der Waals surface area contributed by atoms with Crippen LogP contribution in [0.4, 0.5) is 11.4 Å². The number of aliphatic hydroxyl groups excluding tert-OH is 2. The highest BCUT2D eigenvalue weighted by Crippen LogP contribution is 2.15. The summed E-state index contributed by atoms with van der Waals surface area (Å²) < 4.78 is 11.5. The van der Waals surface area contributed by atoms with Gasteiger partial charge in [0.2, 0.25) is 0 Å². The van der Waals surface area contributed by atoms with Crippen molar-refractivity contribution in [2.24, 2.45) is 11.8 Å². The summed E-state index contributed by atoms with van der Waals surface area (Å²) in [6.07, 6.45) is 8.47. The molecule has 0 aliphatic heterocycles. The molecule has 0 aromatic heterocycles. The van der Waals surface area contributed by atoms with Gasteiger partial charge in [0.05, 0.1) is 25.4 Å². The molecular weight excluding hydrogens is 428 g/mol. The monoisotopic (exact) mass is 480 g/mol. The number of rotatable bonds is 22. The molecule has 0 bridgehead atoms. The van der Waals surface area contributed by atoms with Gasteiger partial charge in [-0.2, -0.15) is 0 Å². The van der Waals surface area contributed by atoms with Gasteiger partial charge < -0.3 is 30.3 Å². The summed E-state index contributed by atoms with van der Waals surface area (Å²) in [5, 5.41) is 26.9. The standard InChI is InChI=1S/C28H52N2O4/c1-5-9-11-23(7-3)19-33-21-27(31)17-29-25-13-15-26(16-14-25)30-18-28(32)22-34-20-24(8-4)12-10-6-2/h13-16,23-24,27-32H,5-12,17-22H2,1-4H3. The van der Waals surface area contributed by atoms with E-state index in [4.69, 9.17) is 9.47 Å². The van der Waals surface area contributed by atoms with Crippen LogP contribution in [0.3, 0.4) is 0 Å². The Morgan fingerprint density at radius 3 is 1.35 bits per heavy atom. The Bertz CT molecular complexity index is 533. The number of anilines is 2. The van der Waals surface area contributed by atoms with Gasteiger partial charge in [-0.15, -0.1) is 0 Å². The van der Waals surface area contributed by atoms with Crippen LogP contribution >= 0.6 is 0 Å². The van der Waals surface area contributed by atoms with E-state index in [0.29, 0.717) is 38.1 Å². The maximum atomic E-state index is 10.2. The molecule has 0 saturated carbocycles. The molecule has 4 unspecified atom stereocenters. The van der Waals surface area contributed by atoms with Gasteiger partial charge in [-0.1, -0.05) is 66.2 Å². The molecule has 1 rings (SSSR count). The first-order valence-electron chi connectivity index (χ1n) is 13.6. The van der Waals surface area contributed by atoms with Gasteiger partial charge in [0, 0.05) is 37.7 Å². The highest BCUT2D eigenvalue weighted by Gasteiger charge is 2.10. The molecule has 0 aliphatic rings. The maximum absolute atomic E-state index is 10.2. The Hall–Kier alpha value is -1.34. The largest absolute Gasteiger partial charge is 0.389 e. The van der Waals surface area contributed by atoms with Crippen molar-refractivity contribution in [2.75, 3.05) is 50.2 Å². The zero-order chi connectivity index (χ0) is 25.0. The molecule has 0 fully saturated rings. The van der Waals surface area contributed by atoms with Crippen molar-refractivity contribution in [1.82, 2.24) is 0 Å². The average Bonchev–Trinajstić information content (AvgIpc) is 2.86. The zero-order valence-corrected chi connectivity index (χ0v) is 22.2. The second-order valence-electron chi connectivity index (χ2n) is 9.55. The summed E-state index contributed by atoms with van der Waals surface area (Å²) in [5.74, 6) is 1.17. The molecule has 0 spiro atoms. The Morgan fingerprint density at radius 2 is 1.03 bits per heavy atom. The quantitative estimate of drug-likeness (QED) is 0.170. The number of aliphatic hydroxyl groups is 2. The molecule has 1 aromatic rings. The van der Waals surface area contributed by atoms with Gasteiger partial charge in [0.1, 0.15) is 0 Å². The van der Waals surface area contributed by atoms with Crippen molar-refractivity contribution < 1.29 is 19.7 Å². The van der Waals surface area contributed by atoms with Gasteiger partial charge in [-0.05, 0) is 48.9 Å². The lowest BCUT2D eigenvalue weighted by Gasteiger charge is -2.18. The van der Waals surface area contributed by atoms with E-state index < -0.39 is 12.2 Å². The normalized spacial score (nSPS) is 15.0. The molecule has 198 valence electrons. The highest BCUT2D eigenvalue weighted by atomic mass is 16.5. The van der Waals surface area contributed by atoms with Crippen LogP contribution in [0.15, 0.2) is 24.3 Å². The van der Waals surface area contributed by atoms with Gasteiger partial charge in [-0.25, -0.2) is 0 Å². The molecule has 34 heavy (non-hydrogen) atoms. The van der Waals surface area contributed by atoms with E-state index in [1.165, 1.54) is 38.5 Å². The van der Waals surface area contributed by atoms with Gasteiger partial charge >= 0.3 is 0 Å². The Balaban J connectivity index is 2.21. The second kappa shape index (κ2) is 19.9. The van der Waals surface area contributed by atoms with E-state index in [1.54, 1.807) is 0 Å². The lowest BCUT2D eigenvalue weighted by molar-refractivity contribution is 0.0244. The number of ether oxygens (including phenoxy) is 2. The van der Waals surface area contributed by atoms with Crippen LogP contribution in [-0.2, 0) is 9.47 Å². The predicted molar refractivity (Wildman–Crippen MR) is 144 cm³/mol. The summed E-state index contributed by atoms with van der Waals surface area (Å²) in [7, 11) is 0. The smallest absolute Gasteiger partial charge is 0.0945 e. The first-order chi connectivity index (χ1) is 16.5. The van der Waals surface area contributed by atoms with Crippen LogP contribution in [0.1, 0.15) is 79.1 Å². The fraction of sp³-hybridized carbons (Fsp3) is 0.786. The summed E-state index contributed by atoms with van der Waals surface area (Å²) in [4.78, 5) is 0. The molecule has 0 heterocycles. The molecule has 0 radical (unpaired) electrons. The summed E-state index contributed by atoms with van der Waals surface area (Å²) in [5.41, 5.74) is 1.89. The number of hydrogen-bond donors (Lipinski definition) is 4. The molecule has 0 aliphatic carbocycles. The van der Waals surface area contributed by atoms with Crippen LogP contribution in [0.25, 0.3) is 0 Å². The molecule has 4 N–H and O–H groups in total. The molecule has 6 heteroatoms. The molecule has 1 aromatic carbocycles. The minimum atomic E-state index is -0.536. The lowest BCUT2D eigenvalue weighted by atomic mass is 10.0. The zero-order valence-electron chi connectivity index (χ0n) is 22.2. The van der Waals surface area contributed by atoms with E-state index in [9.17, 15) is 10.2 Å². The van der Waals surface area contributed by atoms with Crippen molar-refractivity contribution in [3.8, 4) is 0 Å². The van der Waals surface area contributed by atoms with Crippen LogP contribution in [0.2, 0.25) is 0 Å². The van der Waals surface area contributed by atoms with Crippen LogP contribution in [0.5, 0.6) is 0 Å². The highest BCUT2D eigenvalue weighted by molar-refractivity contribution is 5.53. The molecule has 6 nitrogen and oxygen atoms in total. The average molecular weight is 481 g/mol. The Morgan fingerprint density at radius 1 is 0.647 bits per heavy atom. The van der Waals surface area contributed by atoms with E-state index in [0.717, 1.165) is 37.4 Å². The van der Waals surface area contributed by atoms with Crippen molar-refractivity contribution in [3.63, 3.8) is 0 Å². The van der Waals surface area contributed by atoms with Gasteiger partial charge in [0.15, 0.2) is 0 Å². The SMILES string of the molecule is CCCCC(CC)COCC(O)CNc1ccc(NCC(O)COCC(CC)CCCC)cc1. The fourth-order valence-electron chi connectivity index (χ4n) is 3.83. The van der Waals surface area contributed by atoms with Crippen molar-refractivity contribution in [1.29, 1.82) is 0 Å². The topological polar surface area (TPSA) is 83.0 Å². The first-order valence-corrected chi connectivity index (χ1v) is 13.6.